The van der Waals surface area contributed by atoms with Crippen molar-refractivity contribution in [1.29, 1.82) is 0 Å². The summed E-state index contributed by atoms with van der Waals surface area (Å²) in [7, 11) is 0. The fourth-order valence-corrected chi connectivity index (χ4v) is 3.20. The first kappa shape index (κ1) is 21.0. The van der Waals surface area contributed by atoms with E-state index in [1.54, 1.807) is 6.92 Å². The van der Waals surface area contributed by atoms with Crippen LogP contribution in [0, 0.1) is 6.92 Å². The van der Waals surface area contributed by atoms with Crippen LogP contribution in [0.3, 0.4) is 0 Å². The van der Waals surface area contributed by atoms with E-state index in [1.807, 2.05) is 5.32 Å². The molecule has 0 aliphatic heterocycles. The highest BCUT2D eigenvalue weighted by Crippen LogP contribution is 2.35. The van der Waals surface area contributed by atoms with E-state index in [4.69, 9.17) is 23.2 Å². The van der Waals surface area contributed by atoms with Crippen molar-refractivity contribution in [2.75, 3.05) is 0 Å². The number of hydrogen-bond donors (Lipinski definition) is 3. The lowest BCUT2D eigenvalue weighted by Crippen LogP contribution is -2.38. The first-order valence-corrected chi connectivity index (χ1v) is 8.92. The van der Waals surface area contributed by atoms with E-state index < -0.39 is 24.1 Å². The molecule has 0 saturated heterocycles. The first-order chi connectivity index (χ1) is 13.5. The molecular weight excluding hydrogens is 432 g/mol. The molecule has 1 amide bonds. The maximum Gasteiger partial charge on any atom is 0.412 e. The molecule has 0 saturated carbocycles. The Bertz CT molecular complexity index is 1130. The molecule has 0 aliphatic rings. The summed E-state index contributed by atoms with van der Waals surface area (Å²) in [5.41, 5.74) is 0.488. The summed E-state index contributed by atoms with van der Waals surface area (Å²) in [4.78, 5) is 26.4. The maximum atomic E-state index is 13.5. The number of H-pyrrole nitrogens is 1. The Kier molecular flexibility index (Phi) is 5.51. The number of aromatic carboxylic acids is 1. The number of aromatic nitrogens is 1. The van der Waals surface area contributed by atoms with Gasteiger partial charge in [-0.15, -0.1) is 0 Å². The van der Waals surface area contributed by atoms with E-state index in [9.17, 15) is 27.9 Å². The molecule has 5 nitrogen and oxygen atoms in total. The number of carboxylic acids is 1. The van der Waals surface area contributed by atoms with Crippen molar-refractivity contribution < 1.29 is 27.9 Å². The van der Waals surface area contributed by atoms with Crippen LogP contribution in [0.4, 0.5) is 13.2 Å². The first-order valence-electron chi connectivity index (χ1n) is 8.16. The second kappa shape index (κ2) is 7.61. The lowest BCUT2D eigenvalue weighted by Gasteiger charge is -2.22. The van der Waals surface area contributed by atoms with Crippen molar-refractivity contribution in [2.24, 2.45) is 0 Å². The van der Waals surface area contributed by atoms with Crippen LogP contribution in [0.15, 0.2) is 36.4 Å². The third-order valence-corrected chi connectivity index (χ3v) is 5.06. The van der Waals surface area contributed by atoms with Gasteiger partial charge in [-0.3, -0.25) is 4.79 Å². The van der Waals surface area contributed by atoms with Gasteiger partial charge in [0.2, 0.25) is 0 Å². The largest absolute Gasteiger partial charge is 0.478 e. The van der Waals surface area contributed by atoms with Crippen LogP contribution in [-0.2, 0) is 0 Å². The number of carbonyl (C=O) groups excluding carboxylic acids is 1. The van der Waals surface area contributed by atoms with Gasteiger partial charge in [0.25, 0.3) is 5.91 Å². The van der Waals surface area contributed by atoms with Gasteiger partial charge in [0.05, 0.1) is 15.6 Å². The van der Waals surface area contributed by atoms with Crippen molar-refractivity contribution in [1.82, 2.24) is 10.3 Å². The number of aryl methyl sites for hydroxylation is 1. The molecule has 29 heavy (non-hydrogen) atoms. The number of carbonyl (C=O) groups is 2. The van der Waals surface area contributed by atoms with E-state index in [-0.39, 0.29) is 26.9 Å². The molecular formula is C19H13Cl2F3N2O3. The molecule has 3 aromatic rings. The zero-order valence-electron chi connectivity index (χ0n) is 14.7. The van der Waals surface area contributed by atoms with Gasteiger partial charge in [-0.05, 0) is 48.4 Å². The number of alkyl halides is 3. The van der Waals surface area contributed by atoms with Gasteiger partial charge in [-0.25, -0.2) is 4.79 Å². The topological polar surface area (TPSA) is 82.2 Å². The van der Waals surface area contributed by atoms with E-state index in [2.05, 4.69) is 4.98 Å². The van der Waals surface area contributed by atoms with Crippen LogP contribution in [-0.4, -0.2) is 28.1 Å². The van der Waals surface area contributed by atoms with Crippen molar-refractivity contribution in [3.8, 4) is 0 Å². The predicted molar refractivity (Wildman–Crippen MR) is 103 cm³/mol. The van der Waals surface area contributed by atoms with Gasteiger partial charge in [-0.2, -0.15) is 13.2 Å². The minimum absolute atomic E-state index is 0.0347. The third-order valence-electron chi connectivity index (χ3n) is 4.32. The highest BCUT2D eigenvalue weighted by Gasteiger charge is 2.42. The number of aromatic amines is 1. The quantitative estimate of drug-likeness (QED) is 0.495. The van der Waals surface area contributed by atoms with Crippen LogP contribution >= 0.6 is 23.2 Å². The fraction of sp³-hybridized carbons (Fsp3) is 0.158. The predicted octanol–water partition coefficient (Wildman–Crippen LogP) is 5.51. The summed E-state index contributed by atoms with van der Waals surface area (Å²) in [6, 6.07) is 5.21. The molecule has 0 bridgehead atoms. The number of benzene rings is 2. The number of amides is 1. The molecule has 0 radical (unpaired) electrons. The number of hydrogen-bond acceptors (Lipinski definition) is 2. The third kappa shape index (κ3) is 4.33. The Labute approximate surface area is 172 Å². The summed E-state index contributed by atoms with van der Waals surface area (Å²) >= 11 is 11.6. The number of halogens is 5. The van der Waals surface area contributed by atoms with Crippen LogP contribution in [0.2, 0.25) is 10.0 Å². The molecule has 3 rings (SSSR count). The highest BCUT2D eigenvalue weighted by molar-refractivity contribution is 6.42. The summed E-state index contributed by atoms with van der Waals surface area (Å²) in [6.45, 7) is 1.58. The van der Waals surface area contributed by atoms with Gasteiger partial charge >= 0.3 is 12.1 Å². The van der Waals surface area contributed by atoms with E-state index in [1.165, 1.54) is 24.3 Å². The Morgan fingerprint density at radius 3 is 2.38 bits per heavy atom. The van der Waals surface area contributed by atoms with Gasteiger partial charge in [-0.1, -0.05) is 29.3 Å². The number of rotatable bonds is 4. The molecule has 0 fully saturated rings. The summed E-state index contributed by atoms with van der Waals surface area (Å²) in [5.74, 6) is -2.16. The second-order valence-corrected chi connectivity index (χ2v) is 7.18. The lowest BCUT2D eigenvalue weighted by molar-refractivity contribution is -0.155. The van der Waals surface area contributed by atoms with Gasteiger partial charge in [0.1, 0.15) is 5.69 Å². The van der Waals surface area contributed by atoms with Gasteiger partial charge in [0, 0.05) is 10.9 Å². The van der Waals surface area contributed by atoms with Crippen LogP contribution in [0.5, 0.6) is 0 Å². The van der Waals surface area contributed by atoms with E-state index in [0.717, 1.165) is 12.1 Å². The highest BCUT2D eigenvalue weighted by atomic mass is 35.5. The molecule has 152 valence electrons. The molecule has 1 heterocycles. The molecule has 10 heteroatoms. The summed E-state index contributed by atoms with van der Waals surface area (Å²) in [5, 5.41) is 11.5. The van der Waals surface area contributed by atoms with Gasteiger partial charge < -0.3 is 15.4 Å². The lowest BCUT2D eigenvalue weighted by atomic mass is 10.1. The summed E-state index contributed by atoms with van der Waals surface area (Å²) < 4.78 is 40.6. The second-order valence-electron chi connectivity index (χ2n) is 6.36. The zero-order chi connectivity index (χ0) is 21.5. The van der Waals surface area contributed by atoms with Crippen molar-refractivity contribution in [3.05, 3.63) is 68.8 Å². The van der Waals surface area contributed by atoms with Gasteiger partial charge in [0.15, 0.2) is 6.04 Å². The Morgan fingerprint density at radius 2 is 1.79 bits per heavy atom. The minimum atomic E-state index is -4.79. The van der Waals surface area contributed by atoms with E-state index in [0.29, 0.717) is 16.5 Å². The molecule has 0 aliphatic carbocycles. The summed E-state index contributed by atoms with van der Waals surface area (Å²) in [6.07, 6.45) is -4.79. The molecule has 1 atom stereocenters. The molecule has 1 aromatic heterocycles. The van der Waals surface area contributed by atoms with Crippen LogP contribution in [0.25, 0.3) is 10.9 Å². The molecule has 2 aromatic carbocycles. The molecule has 0 spiro atoms. The van der Waals surface area contributed by atoms with Crippen LogP contribution < -0.4 is 5.32 Å². The Hall–Kier alpha value is -2.71. The fourth-order valence-electron chi connectivity index (χ4n) is 2.90. The average Bonchev–Trinajstić information content (AvgIpc) is 3.03. The van der Waals surface area contributed by atoms with Crippen molar-refractivity contribution in [2.45, 2.75) is 19.1 Å². The Morgan fingerprint density at radius 1 is 1.10 bits per heavy atom. The zero-order valence-corrected chi connectivity index (χ0v) is 16.2. The number of fused-ring (bicyclic) bond motifs is 1. The van der Waals surface area contributed by atoms with Crippen molar-refractivity contribution in [3.63, 3.8) is 0 Å². The smallest absolute Gasteiger partial charge is 0.412 e. The normalized spacial score (nSPS) is 12.8. The molecule has 1 unspecified atom stereocenters. The Balaban J connectivity index is 1.95. The minimum Gasteiger partial charge on any atom is -0.478 e. The van der Waals surface area contributed by atoms with E-state index >= 15 is 0 Å². The SMILES string of the molecule is Cc1cc2[nH]c(C(=O)NC(c3ccc(Cl)c(Cl)c3)C(F)(F)F)cc2cc1C(=O)O. The van der Waals surface area contributed by atoms with Crippen molar-refractivity contribution >= 4 is 46.0 Å². The monoisotopic (exact) mass is 444 g/mol. The average molecular weight is 445 g/mol. The standard InChI is InChI=1S/C19H13Cl2F3N2O3/c1-8-4-14-10(5-11(8)18(28)29)7-15(25-14)17(27)26-16(19(22,23)24)9-2-3-12(20)13(21)6-9/h2-7,16,25H,1H3,(H,26,27)(H,28,29). The number of carboxylic acid groups (broad SMARTS) is 1. The number of nitrogens with one attached hydrogen (secondary N) is 2. The maximum absolute atomic E-state index is 13.5. The molecule has 3 N–H and O–H groups in total. The van der Waals surface area contributed by atoms with Crippen LogP contribution in [0.1, 0.15) is 38.0 Å².